The molecule has 14 heteroatoms. The molecule has 0 bridgehead atoms. The maximum Gasteiger partial charge on any atom is 0.326 e. The normalized spacial score (nSPS) is 13.3. The monoisotopic (exact) mass is 697 g/mol. The Bertz CT molecular complexity index is 1380. The van der Waals surface area contributed by atoms with Gasteiger partial charge in [-0.1, -0.05) is 18.2 Å². The summed E-state index contributed by atoms with van der Waals surface area (Å²) in [6.45, 7) is 8.63. The van der Waals surface area contributed by atoms with Gasteiger partial charge >= 0.3 is 5.97 Å². The smallest absolute Gasteiger partial charge is 0.326 e. The molecule has 1 unspecified atom stereocenters. The molecule has 0 aliphatic carbocycles. The molecule has 3 heterocycles. The highest BCUT2D eigenvalue weighted by Crippen LogP contribution is 2.21. The fraction of sp³-hybridized carbons (Fsp3) is 0.611. The third kappa shape index (κ3) is 14.8. The van der Waals surface area contributed by atoms with Crippen LogP contribution in [-0.4, -0.2) is 136 Å². The van der Waals surface area contributed by atoms with Crippen molar-refractivity contribution < 1.29 is 33.6 Å². The number of anilines is 2. The van der Waals surface area contributed by atoms with E-state index in [9.17, 15) is 9.90 Å². The Kier molecular flexibility index (Phi) is 18.7. The van der Waals surface area contributed by atoms with E-state index < -0.39 is 12.0 Å². The molecule has 0 spiro atoms. The summed E-state index contributed by atoms with van der Waals surface area (Å²) in [5.74, 6) is 0.629. The number of aryl methyl sites for hydroxylation is 2. The molecule has 5 N–H and O–H groups in total. The molecular weight excluding hydrogens is 642 g/mol. The van der Waals surface area contributed by atoms with Crippen molar-refractivity contribution in [2.75, 3.05) is 109 Å². The van der Waals surface area contributed by atoms with E-state index in [1.54, 1.807) is 0 Å². The van der Waals surface area contributed by atoms with E-state index >= 15 is 0 Å². The number of aromatic nitrogens is 3. The van der Waals surface area contributed by atoms with Crippen LogP contribution >= 0.6 is 0 Å². The summed E-state index contributed by atoms with van der Waals surface area (Å²) in [6, 6.07) is 11.1. The number of rotatable bonds is 28. The third-order valence-corrected chi connectivity index (χ3v) is 8.30. The van der Waals surface area contributed by atoms with E-state index in [1.165, 1.54) is 11.9 Å². The lowest BCUT2D eigenvalue weighted by atomic mass is 10.1. The van der Waals surface area contributed by atoms with Crippen LogP contribution in [0.1, 0.15) is 36.9 Å². The average Bonchev–Trinajstić information content (AvgIpc) is 3.14. The number of fused-ring (bicyclic) bond motifs is 2. The SMILES string of the molecule is NCCOCCOCCOCCOCCOCCN(CCCCc1ccc2c(n1)NCCC2)CCC(Nc1ncnc2ccccc12)C(=O)O. The van der Waals surface area contributed by atoms with Crippen LogP contribution in [0.3, 0.4) is 0 Å². The summed E-state index contributed by atoms with van der Waals surface area (Å²) in [5.41, 5.74) is 8.53. The zero-order chi connectivity index (χ0) is 35.1. The number of nitrogens with two attached hydrogens (primary N) is 1. The van der Waals surface area contributed by atoms with Crippen LogP contribution in [0.5, 0.6) is 0 Å². The molecule has 0 saturated carbocycles. The molecule has 2 aromatic heterocycles. The lowest BCUT2D eigenvalue weighted by Gasteiger charge is -2.25. The highest BCUT2D eigenvalue weighted by molar-refractivity contribution is 5.90. The first kappa shape index (κ1) is 39.3. The number of hydrogen-bond acceptors (Lipinski definition) is 13. The van der Waals surface area contributed by atoms with Crippen molar-refractivity contribution >= 4 is 28.5 Å². The van der Waals surface area contributed by atoms with Crippen LogP contribution in [0.2, 0.25) is 0 Å². The van der Waals surface area contributed by atoms with Crippen LogP contribution in [0.25, 0.3) is 10.9 Å². The second-order valence-corrected chi connectivity index (χ2v) is 12.1. The summed E-state index contributed by atoms with van der Waals surface area (Å²) in [7, 11) is 0. The lowest BCUT2D eigenvalue weighted by Crippen LogP contribution is -2.37. The van der Waals surface area contributed by atoms with Gasteiger partial charge in [-0.05, 0) is 68.8 Å². The zero-order valence-electron chi connectivity index (χ0n) is 29.2. The minimum atomic E-state index is -0.919. The predicted molar refractivity (Wildman–Crippen MR) is 193 cm³/mol. The Morgan fingerprint density at radius 3 is 2.28 bits per heavy atom. The summed E-state index contributed by atoms with van der Waals surface area (Å²) in [4.78, 5) is 28.0. The van der Waals surface area contributed by atoms with Crippen molar-refractivity contribution in [3.63, 3.8) is 0 Å². The summed E-state index contributed by atoms with van der Waals surface area (Å²) in [5, 5.41) is 17.4. The topological polar surface area (TPSA) is 175 Å². The van der Waals surface area contributed by atoms with Gasteiger partial charge in [0.1, 0.15) is 24.0 Å². The Morgan fingerprint density at radius 1 is 0.860 bits per heavy atom. The minimum Gasteiger partial charge on any atom is -0.480 e. The Labute approximate surface area is 295 Å². The molecule has 0 amide bonds. The average molecular weight is 698 g/mol. The van der Waals surface area contributed by atoms with Crippen LogP contribution in [0, 0.1) is 0 Å². The molecule has 1 atom stereocenters. The van der Waals surface area contributed by atoms with Crippen molar-refractivity contribution in [3.8, 4) is 0 Å². The predicted octanol–water partition coefficient (Wildman–Crippen LogP) is 3.00. The van der Waals surface area contributed by atoms with E-state index in [2.05, 4.69) is 37.6 Å². The highest BCUT2D eigenvalue weighted by atomic mass is 16.6. The van der Waals surface area contributed by atoms with Gasteiger partial charge in [0.15, 0.2) is 0 Å². The maximum atomic E-state index is 12.3. The molecule has 0 saturated heterocycles. The maximum absolute atomic E-state index is 12.3. The van der Waals surface area contributed by atoms with Gasteiger partial charge in [-0.25, -0.2) is 19.7 Å². The van der Waals surface area contributed by atoms with Gasteiger partial charge in [-0.3, -0.25) is 0 Å². The first-order valence-corrected chi connectivity index (χ1v) is 17.9. The molecule has 0 radical (unpaired) electrons. The number of carboxylic acids is 1. The van der Waals surface area contributed by atoms with E-state index in [1.807, 2.05) is 24.3 Å². The second kappa shape index (κ2) is 23.8. The number of hydrogen-bond donors (Lipinski definition) is 4. The number of benzene rings is 1. The van der Waals surface area contributed by atoms with Crippen molar-refractivity contribution in [1.29, 1.82) is 0 Å². The molecular formula is C36H55N7O7. The van der Waals surface area contributed by atoms with Gasteiger partial charge in [0.05, 0.1) is 71.6 Å². The summed E-state index contributed by atoms with van der Waals surface area (Å²) in [6.07, 6.45) is 6.94. The number of ether oxygens (including phenoxy) is 5. The van der Waals surface area contributed by atoms with Gasteiger partial charge in [0.25, 0.3) is 0 Å². The van der Waals surface area contributed by atoms with Crippen molar-refractivity contribution in [2.45, 2.75) is 44.6 Å². The van der Waals surface area contributed by atoms with E-state index in [0.29, 0.717) is 97.9 Å². The molecule has 3 aromatic rings. The number of para-hydroxylation sites is 1. The van der Waals surface area contributed by atoms with Gasteiger partial charge < -0.3 is 50.1 Å². The Balaban J connectivity index is 1.16. The Hall–Kier alpha value is -3.50. The van der Waals surface area contributed by atoms with Gasteiger partial charge in [-0.15, -0.1) is 0 Å². The first-order valence-electron chi connectivity index (χ1n) is 17.9. The largest absolute Gasteiger partial charge is 0.480 e. The highest BCUT2D eigenvalue weighted by Gasteiger charge is 2.20. The number of aliphatic carboxylic acids is 1. The number of carbonyl (C=O) groups is 1. The summed E-state index contributed by atoms with van der Waals surface area (Å²) >= 11 is 0. The minimum absolute atomic E-state index is 0.405. The fourth-order valence-electron chi connectivity index (χ4n) is 5.60. The quantitative estimate of drug-likeness (QED) is 0.0815. The molecule has 276 valence electrons. The van der Waals surface area contributed by atoms with E-state index in [4.69, 9.17) is 34.4 Å². The second-order valence-electron chi connectivity index (χ2n) is 12.1. The Morgan fingerprint density at radius 2 is 1.56 bits per heavy atom. The van der Waals surface area contributed by atoms with Gasteiger partial charge in [0, 0.05) is 37.3 Å². The van der Waals surface area contributed by atoms with E-state index in [0.717, 1.165) is 67.6 Å². The fourth-order valence-corrected chi connectivity index (χ4v) is 5.60. The molecule has 1 aliphatic rings. The molecule has 0 fully saturated rings. The lowest BCUT2D eigenvalue weighted by molar-refractivity contribution is -0.138. The number of nitrogens with zero attached hydrogens (tertiary/aromatic N) is 4. The molecule has 4 rings (SSSR count). The van der Waals surface area contributed by atoms with E-state index in [-0.39, 0.29) is 0 Å². The number of carboxylic acid groups (broad SMARTS) is 1. The number of nitrogens with one attached hydrogen (secondary N) is 2. The van der Waals surface area contributed by atoms with Crippen molar-refractivity contribution in [3.05, 3.63) is 54.0 Å². The molecule has 14 nitrogen and oxygen atoms in total. The first-order chi connectivity index (χ1) is 24.6. The molecule has 1 aromatic carbocycles. The van der Waals surface area contributed by atoms with Crippen LogP contribution in [-0.2, 0) is 41.3 Å². The summed E-state index contributed by atoms with van der Waals surface area (Å²) < 4.78 is 27.7. The number of unbranched alkanes of at least 4 members (excludes halogenated alkanes) is 1. The van der Waals surface area contributed by atoms with Gasteiger partial charge in [0.2, 0.25) is 0 Å². The van der Waals surface area contributed by atoms with Gasteiger partial charge in [-0.2, -0.15) is 0 Å². The standard InChI is InChI=1S/C36H55N7O7/c37-13-18-46-20-22-48-24-26-50-27-25-49-23-21-47-19-17-43(15-4-3-7-30-11-10-29-6-5-14-38-34(29)41-30)16-12-33(36(44)45)42-35-31-8-1-2-9-32(31)39-28-40-35/h1-2,8-11,28,33H,3-7,12-27,37H2,(H,38,41)(H,44,45)(H,39,40,42). The van der Waals surface area contributed by atoms with Crippen molar-refractivity contribution in [1.82, 2.24) is 19.9 Å². The van der Waals surface area contributed by atoms with Crippen LogP contribution in [0.4, 0.5) is 11.6 Å². The van der Waals surface area contributed by atoms with Crippen LogP contribution in [0.15, 0.2) is 42.7 Å². The third-order valence-electron chi connectivity index (χ3n) is 8.30. The number of pyridine rings is 1. The molecule has 1 aliphatic heterocycles. The van der Waals surface area contributed by atoms with Crippen LogP contribution < -0.4 is 16.4 Å². The molecule has 50 heavy (non-hydrogen) atoms. The van der Waals surface area contributed by atoms with Crippen molar-refractivity contribution in [2.24, 2.45) is 5.73 Å². The zero-order valence-corrected chi connectivity index (χ0v) is 29.2.